The molecule has 2 N–H and O–H groups in total. The van der Waals surface area contributed by atoms with Gasteiger partial charge >= 0.3 is 0 Å². The number of allylic oxidation sites excluding steroid dienone is 8. The standard InChI is InChI=1S/C22H26Br2N4O2.Cu/c1-27-5-6-28(2)14-18-10-20(24)8-16(22(18)30)12-26-4-3-25-11-15-7-19(23)9-17(13-27)21(15)29;/h7-12,25-26H,3-6,13-14H2,1-2H3;/b15-11-,16-12-;. The van der Waals surface area contributed by atoms with E-state index in [-0.39, 0.29) is 28.6 Å². The fourth-order valence-electron chi connectivity index (χ4n) is 3.39. The number of fused-ring (bicyclic) bond motifs is 4. The number of hydrogen-bond donors (Lipinski definition) is 2. The third-order valence-corrected chi connectivity index (χ3v) is 5.91. The number of ketones is 2. The summed E-state index contributed by atoms with van der Waals surface area (Å²) in [7, 11) is 4.01. The van der Waals surface area contributed by atoms with Gasteiger partial charge in [0.2, 0.25) is 0 Å². The van der Waals surface area contributed by atoms with E-state index in [4.69, 9.17) is 0 Å². The fourth-order valence-corrected chi connectivity index (χ4v) is 4.43. The van der Waals surface area contributed by atoms with Crippen molar-refractivity contribution in [3.63, 3.8) is 0 Å². The van der Waals surface area contributed by atoms with Crippen LogP contribution in [0.5, 0.6) is 0 Å². The molecule has 0 aromatic heterocycles. The van der Waals surface area contributed by atoms with Crippen LogP contribution >= 0.6 is 31.9 Å². The van der Waals surface area contributed by atoms with Crippen molar-refractivity contribution in [2.24, 2.45) is 0 Å². The van der Waals surface area contributed by atoms with Crippen molar-refractivity contribution in [3.8, 4) is 0 Å². The zero-order valence-corrected chi connectivity index (χ0v) is 21.6. The third-order valence-electron chi connectivity index (χ3n) is 4.99. The minimum absolute atomic E-state index is 0. The van der Waals surface area contributed by atoms with Gasteiger partial charge in [0.15, 0.2) is 11.6 Å². The average Bonchev–Trinajstić information content (AvgIpc) is 2.68. The molecule has 0 fully saturated rings. The van der Waals surface area contributed by atoms with Crippen LogP contribution in [-0.4, -0.2) is 74.7 Å². The topological polar surface area (TPSA) is 64.7 Å². The largest absolute Gasteiger partial charge is 0.389 e. The van der Waals surface area contributed by atoms with Crippen LogP contribution in [0.15, 0.2) is 68.0 Å². The zero-order chi connectivity index (χ0) is 21.7. The van der Waals surface area contributed by atoms with Crippen LogP contribution < -0.4 is 10.6 Å². The molecule has 4 bridgehead atoms. The van der Waals surface area contributed by atoms with Gasteiger partial charge in [-0.1, -0.05) is 31.9 Å². The Bertz CT molecular complexity index is 844. The second-order valence-corrected chi connectivity index (χ2v) is 9.47. The van der Waals surface area contributed by atoms with Gasteiger partial charge < -0.3 is 20.4 Å². The number of Topliss-reactive ketones (excluding diaryl/α,β-unsaturated/α-hetero) is 2. The summed E-state index contributed by atoms with van der Waals surface area (Å²) < 4.78 is 1.78. The van der Waals surface area contributed by atoms with Crippen LogP contribution in [-0.2, 0) is 26.7 Å². The maximum absolute atomic E-state index is 12.8. The minimum Gasteiger partial charge on any atom is -0.389 e. The molecule has 6 nitrogen and oxygen atoms in total. The first kappa shape index (κ1) is 26.0. The van der Waals surface area contributed by atoms with E-state index in [0.717, 1.165) is 33.2 Å². The Kier molecular flexibility index (Phi) is 10.2. The van der Waals surface area contributed by atoms with E-state index in [1.165, 1.54) is 0 Å². The maximum atomic E-state index is 12.8. The Morgan fingerprint density at radius 1 is 0.742 bits per heavy atom. The molecule has 3 rings (SSSR count). The normalized spacial score (nSPS) is 25.4. The van der Waals surface area contributed by atoms with Gasteiger partial charge in [0.05, 0.1) is 0 Å². The van der Waals surface area contributed by atoms with E-state index >= 15 is 0 Å². The molecule has 0 saturated heterocycles. The molecule has 171 valence electrons. The van der Waals surface area contributed by atoms with Crippen LogP contribution in [0, 0.1) is 0 Å². The van der Waals surface area contributed by atoms with Gasteiger partial charge in [-0.05, 0) is 38.4 Å². The van der Waals surface area contributed by atoms with E-state index < -0.39 is 0 Å². The number of carbonyl (C=O) groups is 2. The van der Waals surface area contributed by atoms with Crippen LogP contribution in [0.3, 0.4) is 0 Å². The van der Waals surface area contributed by atoms with Crippen molar-refractivity contribution < 1.29 is 26.7 Å². The number of nitrogens with zero attached hydrogens (tertiary/aromatic N) is 2. The van der Waals surface area contributed by atoms with E-state index in [2.05, 4.69) is 52.3 Å². The molecule has 2 aliphatic carbocycles. The monoisotopic (exact) mass is 599 g/mol. The van der Waals surface area contributed by atoms with Gasteiger partial charge in [0, 0.05) is 100.0 Å². The van der Waals surface area contributed by atoms with Crippen molar-refractivity contribution in [1.29, 1.82) is 0 Å². The summed E-state index contributed by atoms with van der Waals surface area (Å²) in [5.74, 6) is 0.0877. The van der Waals surface area contributed by atoms with E-state index in [9.17, 15) is 9.59 Å². The van der Waals surface area contributed by atoms with Crippen molar-refractivity contribution in [2.75, 3.05) is 53.4 Å². The summed E-state index contributed by atoms with van der Waals surface area (Å²) in [6, 6.07) is 0. The predicted octanol–water partition coefficient (Wildman–Crippen LogP) is 2.38. The van der Waals surface area contributed by atoms with E-state index in [1.807, 2.05) is 38.4 Å². The summed E-state index contributed by atoms with van der Waals surface area (Å²) in [5, 5.41) is 6.36. The quantitative estimate of drug-likeness (QED) is 0.416. The first-order valence-electron chi connectivity index (χ1n) is 9.82. The Morgan fingerprint density at radius 2 is 1.13 bits per heavy atom. The molecule has 1 radical (unpaired) electrons. The van der Waals surface area contributed by atoms with Gasteiger partial charge in [-0.3, -0.25) is 9.59 Å². The second kappa shape index (κ2) is 12.1. The third kappa shape index (κ3) is 7.41. The molecule has 0 spiro atoms. The SMILES string of the molecule is CN1CCN(C)CC2=CC(Br)=C/C(=C/NCCN/C=C3/C=C(Br)C=C(C1)C3=O)C2=O.[Cu]. The van der Waals surface area contributed by atoms with Crippen molar-refractivity contribution in [2.45, 2.75) is 0 Å². The second-order valence-electron chi connectivity index (χ2n) is 7.64. The van der Waals surface area contributed by atoms with E-state index in [1.54, 1.807) is 12.4 Å². The zero-order valence-electron chi connectivity index (χ0n) is 17.5. The van der Waals surface area contributed by atoms with Gasteiger partial charge in [0.25, 0.3) is 0 Å². The smallest absolute Gasteiger partial charge is 0.191 e. The molecule has 0 aromatic carbocycles. The van der Waals surface area contributed by atoms with E-state index in [0.29, 0.717) is 37.3 Å². The number of hydrogen-bond acceptors (Lipinski definition) is 6. The molecule has 1 heterocycles. The molecule has 9 heteroatoms. The minimum atomic E-state index is 0. The first-order chi connectivity index (χ1) is 14.3. The van der Waals surface area contributed by atoms with Gasteiger partial charge in [-0.15, -0.1) is 0 Å². The number of nitrogens with one attached hydrogen (secondary N) is 2. The Hall–Kier alpha value is -1.22. The van der Waals surface area contributed by atoms with Crippen molar-refractivity contribution >= 4 is 43.4 Å². The molecular weight excluding hydrogens is 576 g/mol. The van der Waals surface area contributed by atoms with Gasteiger partial charge in [0.1, 0.15) is 0 Å². The summed E-state index contributed by atoms with van der Waals surface area (Å²) in [4.78, 5) is 29.9. The number of likely N-dealkylation sites (N-methyl/N-ethyl adjacent to an activating group) is 2. The van der Waals surface area contributed by atoms with Crippen molar-refractivity contribution in [3.05, 3.63) is 68.0 Å². The summed E-state index contributed by atoms with van der Waals surface area (Å²) >= 11 is 7.04. The molecule has 0 saturated carbocycles. The Morgan fingerprint density at radius 3 is 1.52 bits per heavy atom. The molecule has 1 aliphatic heterocycles. The van der Waals surface area contributed by atoms with Gasteiger partial charge in [-0.2, -0.15) is 0 Å². The molecule has 3 aliphatic rings. The predicted molar refractivity (Wildman–Crippen MR) is 127 cm³/mol. The molecule has 31 heavy (non-hydrogen) atoms. The summed E-state index contributed by atoms with van der Waals surface area (Å²) in [5.41, 5.74) is 2.78. The maximum Gasteiger partial charge on any atom is 0.191 e. The molecule has 0 atom stereocenters. The summed E-state index contributed by atoms with van der Waals surface area (Å²) in [6.07, 6.45) is 11.0. The first-order valence-corrected chi connectivity index (χ1v) is 11.4. The van der Waals surface area contributed by atoms with Crippen molar-refractivity contribution in [1.82, 2.24) is 20.4 Å². The number of carbonyl (C=O) groups excluding carboxylic acids is 2. The summed E-state index contributed by atoms with van der Waals surface area (Å²) in [6.45, 7) is 3.94. The van der Waals surface area contributed by atoms with Crippen LogP contribution in [0.2, 0.25) is 0 Å². The molecular formula is C22H26Br2CuN4O2. The molecule has 0 amide bonds. The number of rotatable bonds is 0. The van der Waals surface area contributed by atoms with Gasteiger partial charge in [-0.25, -0.2) is 0 Å². The van der Waals surface area contributed by atoms with Crippen LogP contribution in [0.1, 0.15) is 0 Å². The van der Waals surface area contributed by atoms with Crippen LogP contribution in [0.4, 0.5) is 0 Å². The van der Waals surface area contributed by atoms with Crippen LogP contribution in [0.25, 0.3) is 0 Å². The molecule has 0 unspecified atom stereocenters. The number of halogens is 2. The Labute approximate surface area is 211 Å². The fraction of sp³-hybridized carbons (Fsp3) is 0.364. The molecule has 0 aromatic rings. The average molecular weight is 602 g/mol. The Balaban J connectivity index is 0.00000341.